The fraction of sp³-hybridized carbons (Fsp3) is 0.0714. The summed E-state index contributed by atoms with van der Waals surface area (Å²) < 4.78 is 4.96. The van der Waals surface area contributed by atoms with E-state index in [1.165, 1.54) is 7.11 Å². The summed E-state index contributed by atoms with van der Waals surface area (Å²) in [6.45, 7) is 0. The van der Waals surface area contributed by atoms with Gasteiger partial charge in [0, 0.05) is 0 Å². The number of anilines is 1. The number of rotatable bonds is 4. The normalized spacial score (nSPS) is 10.8. The molecular formula is C14H12Cl2N2O2. The van der Waals surface area contributed by atoms with E-state index in [1.807, 2.05) is 0 Å². The molecule has 0 atom stereocenters. The number of hydrogen-bond acceptors (Lipinski definition) is 4. The van der Waals surface area contributed by atoms with Gasteiger partial charge in [0.05, 0.1) is 29.1 Å². The molecule has 20 heavy (non-hydrogen) atoms. The van der Waals surface area contributed by atoms with Crippen LogP contribution in [0.3, 0.4) is 0 Å². The third-order valence-electron chi connectivity index (χ3n) is 2.53. The molecule has 0 amide bonds. The van der Waals surface area contributed by atoms with Crippen molar-refractivity contribution in [3.05, 3.63) is 52.0 Å². The van der Waals surface area contributed by atoms with Gasteiger partial charge in [0.25, 0.3) is 0 Å². The second-order valence-corrected chi connectivity index (χ2v) is 4.74. The molecule has 2 rings (SSSR count). The number of hydrogen-bond donors (Lipinski definition) is 2. The molecule has 2 aromatic carbocycles. The van der Waals surface area contributed by atoms with Crippen LogP contribution in [0.4, 0.5) is 5.69 Å². The zero-order chi connectivity index (χ0) is 14.5. The summed E-state index contributed by atoms with van der Waals surface area (Å²) in [4.78, 5) is 0. The highest BCUT2D eigenvalue weighted by molar-refractivity contribution is 6.42. The lowest BCUT2D eigenvalue weighted by atomic mass is 10.2. The molecule has 104 valence electrons. The lowest BCUT2D eigenvalue weighted by Gasteiger charge is -2.04. The molecule has 0 bridgehead atoms. The van der Waals surface area contributed by atoms with Gasteiger partial charge in [-0.1, -0.05) is 23.2 Å². The summed E-state index contributed by atoms with van der Waals surface area (Å²) in [6, 6.07) is 10.1. The van der Waals surface area contributed by atoms with Crippen molar-refractivity contribution in [2.75, 3.05) is 12.5 Å². The van der Waals surface area contributed by atoms with Crippen molar-refractivity contribution in [1.82, 2.24) is 0 Å². The number of methoxy groups -OCH3 is 1. The van der Waals surface area contributed by atoms with E-state index in [1.54, 1.807) is 42.6 Å². The number of benzene rings is 2. The molecule has 4 nitrogen and oxygen atoms in total. The van der Waals surface area contributed by atoms with Crippen molar-refractivity contribution in [1.29, 1.82) is 0 Å². The lowest BCUT2D eigenvalue weighted by Crippen LogP contribution is -1.91. The van der Waals surface area contributed by atoms with Gasteiger partial charge in [-0.15, -0.1) is 0 Å². The Morgan fingerprint density at radius 2 is 1.95 bits per heavy atom. The maximum Gasteiger partial charge on any atom is 0.160 e. The van der Waals surface area contributed by atoms with Crippen LogP contribution in [0.5, 0.6) is 11.5 Å². The van der Waals surface area contributed by atoms with Gasteiger partial charge in [0.2, 0.25) is 0 Å². The van der Waals surface area contributed by atoms with Gasteiger partial charge >= 0.3 is 0 Å². The monoisotopic (exact) mass is 310 g/mol. The Kier molecular flexibility index (Phi) is 4.71. The van der Waals surface area contributed by atoms with E-state index >= 15 is 0 Å². The van der Waals surface area contributed by atoms with Gasteiger partial charge in [0.1, 0.15) is 0 Å². The van der Waals surface area contributed by atoms with Crippen LogP contribution in [0.1, 0.15) is 5.56 Å². The SMILES string of the molecule is COc1ccc(/C=N\Nc2ccc(Cl)c(Cl)c2)cc1O. The van der Waals surface area contributed by atoms with E-state index in [2.05, 4.69) is 10.5 Å². The third-order valence-corrected chi connectivity index (χ3v) is 3.27. The van der Waals surface area contributed by atoms with Crippen molar-refractivity contribution in [2.45, 2.75) is 0 Å². The van der Waals surface area contributed by atoms with Crippen LogP contribution in [0.15, 0.2) is 41.5 Å². The summed E-state index contributed by atoms with van der Waals surface area (Å²) in [5.41, 5.74) is 4.27. The van der Waals surface area contributed by atoms with Crippen LogP contribution >= 0.6 is 23.2 Å². The van der Waals surface area contributed by atoms with Crippen LogP contribution in [0.2, 0.25) is 10.0 Å². The maximum absolute atomic E-state index is 9.64. The van der Waals surface area contributed by atoms with Gasteiger partial charge in [-0.25, -0.2) is 0 Å². The first-order valence-electron chi connectivity index (χ1n) is 5.71. The molecule has 0 aliphatic heterocycles. The van der Waals surface area contributed by atoms with E-state index < -0.39 is 0 Å². The first-order valence-corrected chi connectivity index (χ1v) is 6.47. The molecule has 0 aliphatic rings. The number of nitrogens with one attached hydrogen (secondary N) is 1. The van der Waals surface area contributed by atoms with E-state index in [9.17, 15) is 5.11 Å². The van der Waals surface area contributed by atoms with Crippen LogP contribution < -0.4 is 10.2 Å². The Balaban J connectivity index is 2.06. The zero-order valence-electron chi connectivity index (χ0n) is 10.6. The third kappa shape index (κ3) is 3.56. The second-order valence-electron chi connectivity index (χ2n) is 3.93. The standard InChI is InChI=1S/C14H12Cl2N2O2/c1-20-14-5-2-9(6-13(14)19)8-17-18-10-3-4-11(15)12(16)7-10/h2-8,18-19H,1H3/b17-8-. The molecule has 0 aromatic heterocycles. The number of aromatic hydroxyl groups is 1. The summed E-state index contributed by atoms with van der Waals surface area (Å²) in [5.74, 6) is 0.477. The fourth-order valence-electron chi connectivity index (χ4n) is 1.53. The summed E-state index contributed by atoms with van der Waals surface area (Å²) in [7, 11) is 1.49. The van der Waals surface area contributed by atoms with Crippen LogP contribution in [0, 0.1) is 0 Å². The van der Waals surface area contributed by atoms with E-state index in [4.69, 9.17) is 27.9 Å². The highest BCUT2D eigenvalue weighted by Gasteiger charge is 2.01. The highest BCUT2D eigenvalue weighted by atomic mass is 35.5. The minimum absolute atomic E-state index is 0.0611. The van der Waals surface area contributed by atoms with E-state index in [0.717, 1.165) is 5.56 Å². The Labute approximate surface area is 126 Å². The molecule has 0 saturated heterocycles. The molecular weight excluding hydrogens is 299 g/mol. The fourth-order valence-corrected chi connectivity index (χ4v) is 1.83. The molecule has 0 aliphatic carbocycles. The van der Waals surface area contributed by atoms with Gasteiger partial charge in [-0.05, 0) is 42.0 Å². The Morgan fingerprint density at radius 3 is 2.60 bits per heavy atom. The van der Waals surface area contributed by atoms with Crippen molar-refractivity contribution >= 4 is 35.1 Å². The molecule has 2 aromatic rings. The smallest absolute Gasteiger partial charge is 0.160 e. The number of phenolic OH excluding ortho intramolecular Hbond substituents is 1. The molecule has 0 fully saturated rings. The van der Waals surface area contributed by atoms with Crippen molar-refractivity contribution in [3.63, 3.8) is 0 Å². The average Bonchev–Trinajstić information content (AvgIpc) is 2.43. The number of phenols is 1. The first kappa shape index (κ1) is 14.5. The minimum atomic E-state index is 0.0611. The Bertz CT molecular complexity index is 645. The summed E-state index contributed by atoms with van der Waals surface area (Å²) in [5, 5.41) is 14.6. The van der Waals surface area contributed by atoms with Gasteiger partial charge in [0.15, 0.2) is 11.5 Å². The van der Waals surface area contributed by atoms with E-state index in [0.29, 0.717) is 21.5 Å². The minimum Gasteiger partial charge on any atom is -0.504 e. The van der Waals surface area contributed by atoms with Gasteiger partial charge in [-0.3, -0.25) is 5.43 Å². The van der Waals surface area contributed by atoms with Crippen LogP contribution in [0.25, 0.3) is 0 Å². The second kappa shape index (κ2) is 6.50. The van der Waals surface area contributed by atoms with Crippen LogP contribution in [-0.2, 0) is 0 Å². The Morgan fingerprint density at radius 1 is 1.15 bits per heavy atom. The molecule has 0 saturated carbocycles. The van der Waals surface area contributed by atoms with Crippen molar-refractivity contribution < 1.29 is 9.84 Å². The average molecular weight is 311 g/mol. The zero-order valence-corrected chi connectivity index (χ0v) is 12.1. The molecule has 0 spiro atoms. The van der Waals surface area contributed by atoms with Crippen LogP contribution in [-0.4, -0.2) is 18.4 Å². The molecule has 0 heterocycles. The quantitative estimate of drug-likeness (QED) is 0.658. The van der Waals surface area contributed by atoms with Gasteiger partial charge < -0.3 is 9.84 Å². The summed E-state index contributed by atoms with van der Waals surface area (Å²) in [6.07, 6.45) is 1.57. The van der Waals surface area contributed by atoms with Crippen molar-refractivity contribution in [2.24, 2.45) is 5.10 Å². The summed E-state index contributed by atoms with van der Waals surface area (Å²) >= 11 is 11.7. The van der Waals surface area contributed by atoms with Gasteiger partial charge in [-0.2, -0.15) is 5.10 Å². The maximum atomic E-state index is 9.64. The van der Waals surface area contributed by atoms with Crippen molar-refractivity contribution in [3.8, 4) is 11.5 Å². The number of hydrazone groups is 1. The molecule has 6 heteroatoms. The Hall–Kier alpha value is -1.91. The predicted octanol–water partition coefficient (Wildman–Crippen LogP) is 4.15. The predicted molar refractivity (Wildman–Crippen MR) is 82.3 cm³/mol. The molecule has 0 radical (unpaired) electrons. The molecule has 2 N–H and O–H groups in total. The molecule has 0 unspecified atom stereocenters. The highest BCUT2D eigenvalue weighted by Crippen LogP contribution is 2.26. The number of nitrogens with zero attached hydrogens (tertiary/aromatic N) is 1. The van der Waals surface area contributed by atoms with E-state index in [-0.39, 0.29) is 5.75 Å². The largest absolute Gasteiger partial charge is 0.504 e. The topological polar surface area (TPSA) is 53.8 Å². The number of halogens is 2. The first-order chi connectivity index (χ1) is 9.60. The number of ether oxygens (including phenoxy) is 1. The lowest BCUT2D eigenvalue weighted by molar-refractivity contribution is 0.373.